The molecule has 4 rings (SSSR count). The van der Waals surface area contributed by atoms with Crippen LogP contribution in [-0.2, 0) is 6.42 Å². The van der Waals surface area contributed by atoms with Gasteiger partial charge in [-0.25, -0.2) is 0 Å². The highest BCUT2D eigenvalue weighted by Crippen LogP contribution is 2.37. The third kappa shape index (κ3) is 3.75. The summed E-state index contributed by atoms with van der Waals surface area (Å²) in [6.45, 7) is 0. The third-order valence-corrected chi connectivity index (χ3v) is 4.71. The van der Waals surface area contributed by atoms with Gasteiger partial charge in [0.1, 0.15) is 5.75 Å². The Morgan fingerprint density at radius 3 is 1.74 bits per heavy atom. The largest absolute Gasteiger partial charge is 0.497 e. The molecule has 4 aromatic rings. The van der Waals surface area contributed by atoms with Gasteiger partial charge < -0.3 is 4.74 Å². The Morgan fingerprint density at radius 1 is 0.704 bits per heavy atom. The monoisotopic (exact) mass is 351 g/mol. The molecule has 2 heteroatoms. The lowest BCUT2D eigenvalue weighted by molar-refractivity contribution is 0.415. The first kappa shape index (κ1) is 17.0. The molecule has 1 aromatic heterocycles. The Labute approximate surface area is 160 Å². The molecule has 1 heterocycles. The fourth-order valence-electron chi connectivity index (χ4n) is 3.39. The molecular weight excluding hydrogens is 330 g/mol. The van der Waals surface area contributed by atoms with E-state index in [1.54, 1.807) is 7.11 Å². The molecule has 0 amide bonds. The second kappa shape index (κ2) is 7.88. The molecule has 0 atom stereocenters. The molecule has 27 heavy (non-hydrogen) atoms. The van der Waals surface area contributed by atoms with Crippen molar-refractivity contribution in [3.63, 3.8) is 0 Å². The molecule has 0 aliphatic rings. The van der Waals surface area contributed by atoms with Gasteiger partial charge in [-0.05, 0) is 52.1 Å². The van der Waals surface area contributed by atoms with Crippen LogP contribution < -0.4 is 4.74 Å². The number of rotatable bonds is 5. The predicted molar refractivity (Wildman–Crippen MR) is 111 cm³/mol. The smallest absolute Gasteiger partial charge is 0.120 e. The van der Waals surface area contributed by atoms with E-state index in [4.69, 9.17) is 4.74 Å². The zero-order chi connectivity index (χ0) is 18.5. The van der Waals surface area contributed by atoms with Gasteiger partial charge in [0.15, 0.2) is 0 Å². The second-order valence-corrected chi connectivity index (χ2v) is 6.43. The van der Waals surface area contributed by atoms with Crippen LogP contribution in [0.15, 0.2) is 97.2 Å². The van der Waals surface area contributed by atoms with Crippen molar-refractivity contribution in [3.8, 4) is 28.0 Å². The number of methoxy groups -OCH3 is 1. The van der Waals surface area contributed by atoms with Gasteiger partial charge in [0.25, 0.3) is 0 Å². The van der Waals surface area contributed by atoms with Crippen molar-refractivity contribution in [2.45, 2.75) is 6.42 Å². The quantitative estimate of drug-likeness (QED) is 0.439. The van der Waals surface area contributed by atoms with Crippen LogP contribution in [0.1, 0.15) is 11.3 Å². The van der Waals surface area contributed by atoms with Crippen molar-refractivity contribution in [3.05, 3.63) is 108 Å². The minimum absolute atomic E-state index is 0.763. The summed E-state index contributed by atoms with van der Waals surface area (Å²) < 4.78 is 5.63. The normalized spacial score (nSPS) is 10.6. The lowest BCUT2D eigenvalue weighted by Crippen LogP contribution is -1.99. The molecule has 0 fully saturated rings. The molecule has 0 aliphatic carbocycles. The molecule has 0 bridgehead atoms. The fourth-order valence-corrected chi connectivity index (χ4v) is 3.39. The number of hydrogen-bond donors (Lipinski definition) is 0. The van der Waals surface area contributed by atoms with Gasteiger partial charge in [0, 0.05) is 18.3 Å². The minimum Gasteiger partial charge on any atom is -0.497 e. The Kier molecular flexibility index (Phi) is 4.97. The van der Waals surface area contributed by atoms with E-state index >= 15 is 0 Å². The van der Waals surface area contributed by atoms with Gasteiger partial charge in [0.05, 0.1) is 7.11 Å². The van der Waals surface area contributed by atoms with E-state index in [1.807, 2.05) is 30.5 Å². The maximum absolute atomic E-state index is 5.63. The van der Waals surface area contributed by atoms with E-state index in [9.17, 15) is 0 Å². The predicted octanol–water partition coefficient (Wildman–Crippen LogP) is 6.02. The Morgan fingerprint density at radius 2 is 1.26 bits per heavy atom. The van der Waals surface area contributed by atoms with Crippen LogP contribution in [0.5, 0.6) is 5.75 Å². The highest BCUT2D eigenvalue weighted by atomic mass is 16.5. The van der Waals surface area contributed by atoms with Crippen molar-refractivity contribution >= 4 is 0 Å². The van der Waals surface area contributed by atoms with Crippen LogP contribution >= 0.6 is 0 Å². The molecule has 3 aromatic carbocycles. The number of benzene rings is 3. The Bertz CT molecular complexity index is 951. The summed E-state index contributed by atoms with van der Waals surface area (Å²) in [6, 6.07) is 31.3. The highest BCUT2D eigenvalue weighted by Gasteiger charge is 2.15. The van der Waals surface area contributed by atoms with Crippen LogP contribution in [0.3, 0.4) is 0 Å². The van der Waals surface area contributed by atoms with Crippen molar-refractivity contribution in [1.82, 2.24) is 4.98 Å². The summed E-state index contributed by atoms with van der Waals surface area (Å²) in [6.07, 6.45) is 2.61. The van der Waals surface area contributed by atoms with Crippen LogP contribution in [0.4, 0.5) is 0 Å². The average Bonchev–Trinajstić information content (AvgIpc) is 2.76. The van der Waals surface area contributed by atoms with Gasteiger partial charge in [-0.1, -0.05) is 66.7 Å². The van der Waals surface area contributed by atoms with E-state index < -0.39 is 0 Å². The van der Waals surface area contributed by atoms with E-state index in [2.05, 4.69) is 71.7 Å². The van der Waals surface area contributed by atoms with Crippen LogP contribution in [0.25, 0.3) is 22.3 Å². The van der Waals surface area contributed by atoms with Crippen LogP contribution in [0.2, 0.25) is 0 Å². The van der Waals surface area contributed by atoms with Crippen molar-refractivity contribution in [2.24, 2.45) is 0 Å². The van der Waals surface area contributed by atoms with Crippen LogP contribution in [-0.4, -0.2) is 12.1 Å². The standard InChI is InChI=1S/C25H21NO/c1-27-22-17-23(19-10-4-2-5-11-19)25(16-21-14-8-9-15-26-21)24(18-22)20-12-6-3-7-13-20/h2-15,17-18H,16H2,1H3. The Balaban J connectivity index is 1.96. The summed E-state index contributed by atoms with van der Waals surface area (Å²) in [5, 5.41) is 0. The fraction of sp³-hybridized carbons (Fsp3) is 0.0800. The van der Waals surface area contributed by atoms with Gasteiger partial charge in [-0.15, -0.1) is 0 Å². The van der Waals surface area contributed by atoms with Crippen molar-refractivity contribution in [2.75, 3.05) is 7.11 Å². The van der Waals surface area contributed by atoms with E-state index in [-0.39, 0.29) is 0 Å². The average molecular weight is 351 g/mol. The first-order valence-electron chi connectivity index (χ1n) is 9.07. The summed E-state index contributed by atoms with van der Waals surface area (Å²) in [5.74, 6) is 0.859. The first-order chi connectivity index (χ1) is 13.3. The molecule has 0 unspecified atom stereocenters. The molecule has 0 saturated heterocycles. The summed E-state index contributed by atoms with van der Waals surface area (Å²) >= 11 is 0. The SMILES string of the molecule is COc1cc(-c2ccccc2)c(Cc2ccccn2)c(-c2ccccc2)c1. The third-order valence-electron chi connectivity index (χ3n) is 4.71. The topological polar surface area (TPSA) is 22.1 Å². The van der Waals surface area contributed by atoms with E-state index in [1.165, 1.54) is 27.8 Å². The minimum atomic E-state index is 0.763. The molecule has 2 nitrogen and oxygen atoms in total. The second-order valence-electron chi connectivity index (χ2n) is 6.43. The number of hydrogen-bond acceptors (Lipinski definition) is 2. The Hall–Kier alpha value is -3.39. The molecule has 0 spiro atoms. The van der Waals surface area contributed by atoms with Gasteiger partial charge in [-0.2, -0.15) is 0 Å². The highest BCUT2D eigenvalue weighted by molar-refractivity contribution is 5.81. The van der Waals surface area contributed by atoms with Crippen molar-refractivity contribution in [1.29, 1.82) is 0 Å². The first-order valence-corrected chi connectivity index (χ1v) is 9.07. The maximum atomic E-state index is 5.63. The number of ether oxygens (including phenoxy) is 1. The number of aromatic nitrogens is 1. The summed E-state index contributed by atoms with van der Waals surface area (Å²) in [5.41, 5.74) is 7.03. The number of nitrogens with zero attached hydrogens (tertiary/aromatic N) is 1. The van der Waals surface area contributed by atoms with Gasteiger partial charge >= 0.3 is 0 Å². The molecule has 0 N–H and O–H groups in total. The maximum Gasteiger partial charge on any atom is 0.120 e. The molecule has 132 valence electrons. The molecule has 0 saturated carbocycles. The molecule has 0 aliphatic heterocycles. The summed E-state index contributed by atoms with van der Waals surface area (Å²) in [7, 11) is 1.72. The zero-order valence-electron chi connectivity index (χ0n) is 15.3. The molecular formula is C25H21NO. The van der Waals surface area contributed by atoms with E-state index in [0.29, 0.717) is 0 Å². The van der Waals surface area contributed by atoms with Gasteiger partial charge in [0.2, 0.25) is 0 Å². The molecule has 0 radical (unpaired) electrons. The lowest BCUT2D eigenvalue weighted by atomic mass is 9.88. The zero-order valence-corrected chi connectivity index (χ0v) is 15.3. The van der Waals surface area contributed by atoms with Gasteiger partial charge in [-0.3, -0.25) is 4.98 Å². The van der Waals surface area contributed by atoms with Crippen LogP contribution in [0, 0.1) is 0 Å². The van der Waals surface area contributed by atoms with E-state index in [0.717, 1.165) is 17.9 Å². The van der Waals surface area contributed by atoms with Crippen molar-refractivity contribution < 1.29 is 4.74 Å². The summed E-state index contributed by atoms with van der Waals surface area (Å²) in [4.78, 5) is 4.55. The number of pyridine rings is 1. The lowest BCUT2D eigenvalue weighted by Gasteiger charge is -2.18.